The van der Waals surface area contributed by atoms with Crippen molar-refractivity contribution in [2.75, 3.05) is 25.0 Å². The number of hydrogen-bond donors (Lipinski definition) is 0. The molecular weight excluding hydrogens is 500 g/mol. The van der Waals surface area contributed by atoms with Crippen LogP contribution in [0.1, 0.15) is 11.1 Å². The second-order valence-corrected chi connectivity index (χ2v) is 8.73. The van der Waals surface area contributed by atoms with Crippen molar-refractivity contribution in [3.05, 3.63) is 63.3 Å². The van der Waals surface area contributed by atoms with Crippen molar-refractivity contribution < 1.29 is 17.6 Å². The van der Waals surface area contributed by atoms with E-state index in [1.54, 1.807) is 11.9 Å². The number of anilines is 1. The van der Waals surface area contributed by atoms with Gasteiger partial charge in [0.2, 0.25) is 5.28 Å². The van der Waals surface area contributed by atoms with Crippen LogP contribution in [-0.4, -0.2) is 47.2 Å². The van der Waals surface area contributed by atoms with E-state index < -0.39 is 24.0 Å². The lowest BCUT2D eigenvalue weighted by molar-refractivity contribution is -0.138. The first-order valence-electron chi connectivity index (χ1n) is 9.50. The molecule has 4 nitrogen and oxygen atoms in total. The second-order valence-electron chi connectivity index (χ2n) is 7.54. The number of rotatable bonds is 4. The highest BCUT2D eigenvalue weighted by Gasteiger charge is 2.38. The molecule has 0 N–H and O–H groups in total. The van der Waals surface area contributed by atoms with Crippen molar-refractivity contribution in [1.29, 1.82) is 0 Å². The molecular formula is C21H18BrClF4N4. The molecule has 3 aromatic rings. The van der Waals surface area contributed by atoms with Gasteiger partial charge in [-0.1, -0.05) is 46.3 Å². The van der Waals surface area contributed by atoms with Crippen LogP contribution >= 0.6 is 27.5 Å². The summed E-state index contributed by atoms with van der Waals surface area (Å²) in [7, 11) is 1.62. The molecule has 1 aromatic heterocycles. The minimum atomic E-state index is -4.56. The number of fused-ring (bicyclic) bond motifs is 1. The normalized spacial score (nSPS) is 19.8. The molecule has 0 bridgehead atoms. The predicted molar refractivity (Wildman–Crippen MR) is 116 cm³/mol. The average Bonchev–Trinajstić information content (AvgIpc) is 3.06. The minimum Gasteiger partial charge on any atom is -0.352 e. The van der Waals surface area contributed by atoms with Gasteiger partial charge >= 0.3 is 6.18 Å². The van der Waals surface area contributed by atoms with Gasteiger partial charge in [0.1, 0.15) is 12.0 Å². The summed E-state index contributed by atoms with van der Waals surface area (Å²) in [5, 5.41) is 0.0479. The largest absolute Gasteiger partial charge is 0.417 e. The van der Waals surface area contributed by atoms with E-state index in [0.29, 0.717) is 13.1 Å². The summed E-state index contributed by atoms with van der Waals surface area (Å²) >= 11 is 8.99. The van der Waals surface area contributed by atoms with Gasteiger partial charge in [0.25, 0.3) is 0 Å². The maximum absolute atomic E-state index is 15.0. The average molecular weight is 518 g/mol. The first-order valence-corrected chi connectivity index (χ1v) is 10.7. The third-order valence-electron chi connectivity index (χ3n) is 5.42. The number of benzene rings is 2. The summed E-state index contributed by atoms with van der Waals surface area (Å²) in [6.45, 7) is 1.21. The molecule has 31 heavy (non-hydrogen) atoms. The Balaban J connectivity index is 1.67. The first kappa shape index (κ1) is 22.2. The number of likely N-dealkylation sites (N-methyl/N-ethyl adjacent to an activating group) is 1. The molecule has 0 spiro atoms. The Labute approximate surface area is 190 Å². The Morgan fingerprint density at radius 2 is 1.87 bits per heavy atom. The lowest BCUT2D eigenvalue weighted by Crippen LogP contribution is -2.40. The van der Waals surface area contributed by atoms with Crippen LogP contribution in [0.5, 0.6) is 0 Å². The number of halogens is 6. The van der Waals surface area contributed by atoms with Crippen LogP contribution in [0.3, 0.4) is 0 Å². The van der Waals surface area contributed by atoms with Crippen molar-refractivity contribution in [3.8, 4) is 0 Å². The van der Waals surface area contributed by atoms with Crippen LogP contribution in [0.15, 0.2) is 46.9 Å². The highest BCUT2D eigenvalue weighted by Crippen LogP contribution is 2.39. The Morgan fingerprint density at radius 1 is 1.16 bits per heavy atom. The molecule has 0 aliphatic carbocycles. The minimum absolute atomic E-state index is 0.115. The van der Waals surface area contributed by atoms with E-state index in [2.05, 4.69) is 25.9 Å². The summed E-state index contributed by atoms with van der Waals surface area (Å²) in [5.74, 6) is 0.169. The highest BCUT2D eigenvalue weighted by atomic mass is 79.9. The number of aromatic nitrogens is 2. The molecule has 2 unspecified atom stereocenters. The van der Waals surface area contributed by atoms with Crippen molar-refractivity contribution >= 4 is 44.3 Å². The molecule has 2 aromatic carbocycles. The summed E-state index contributed by atoms with van der Waals surface area (Å²) in [5.41, 5.74) is 0.457. The lowest BCUT2D eigenvalue weighted by Gasteiger charge is -2.28. The van der Waals surface area contributed by atoms with Gasteiger partial charge < -0.3 is 4.90 Å². The summed E-state index contributed by atoms with van der Waals surface area (Å²) in [6.07, 6.45) is -5.76. The maximum atomic E-state index is 15.0. The van der Waals surface area contributed by atoms with Crippen molar-refractivity contribution in [2.24, 2.45) is 0 Å². The van der Waals surface area contributed by atoms with Crippen molar-refractivity contribution in [2.45, 2.75) is 24.9 Å². The van der Waals surface area contributed by atoms with E-state index in [-0.39, 0.29) is 33.0 Å². The van der Waals surface area contributed by atoms with Crippen LogP contribution in [0.4, 0.5) is 23.4 Å². The first-order chi connectivity index (χ1) is 14.6. The molecule has 0 saturated carbocycles. The van der Waals surface area contributed by atoms with Gasteiger partial charge in [-0.15, -0.1) is 0 Å². The molecule has 1 aliphatic heterocycles. The molecule has 1 fully saturated rings. The predicted octanol–water partition coefficient (Wildman–Crippen LogP) is 5.72. The topological polar surface area (TPSA) is 32.3 Å². The van der Waals surface area contributed by atoms with Crippen LogP contribution in [0, 0.1) is 0 Å². The fourth-order valence-corrected chi connectivity index (χ4v) is 4.63. The zero-order valence-corrected chi connectivity index (χ0v) is 18.7. The van der Waals surface area contributed by atoms with Gasteiger partial charge in [-0.2, -0.15) is 18.2 Å². The van der Waals surface area contributed by atoms with Gasteiger partial charge in [-0.25, -0.2) is 9.37 Å². The zero-order chi connectivity index (χ0) is 22.3. The van der Waals surface area contributed by atoms with Crippen LogP contribution < -0.4 is 4.90 Å². The quantitative estimate of drug-likeness (QED) is 0.327. The maximum Gasteiger partial charge on any atom is 0.417 e. The van der Waals surface area contributed by atoms with E-state index in [1.165, 1.54) is 6.07 Å². The molecule has 1 saturated heterocycles. The van der Waals surface area contributed by atoms with Gasteiger partial charge in [-0.05, 0) is 29.3 Å². The molecule has 2 atom stereocenters. The summed E-state index contributed by atoms with van der Waals surface area (Å²) in [4.78, 5) is 11.7. The van der Waals surface area contributed by atoms with E-state index in [4.69, 9.17) is 11.6 Å². The Hall–Kier alpha value is -1.97. The smallest absolute Gasteiger partial charge is 0.352 e. The van der Waals surface area contributed by atoms with Crippen LogP contribution in [-0.2, 0) is 12.7 Å². The van der Waals surface area contributed by atoms with E-state index in [0.717, 1.165) is 11.6 Å². The van der Waals surface area contributed by atoms with Gasteiger partial charge in [0.05, 0.1) is 17.1 Å². The fraction of sp³-hybridized carbons (Fsp3) is 0.333. The Morgan fingerprint density at radius 3 is 2.55 bits per heavy atom. The highest BCUT2D eigenvalue weighted by molar-refractivity contribution is 9.10. The molecule has 2 heterocycles. The summed E-state index contributed by atoms with van der Waals surface area (Å²) in [6, 6.07) is 11.4. The van der Waals surface area contributed by atoms with E-state index >= 15 is 0 Å². The number of hydrogen-bond acceptors (Lipinski definition) is 4. The molecule has 4 rings (SSSR count). The molecule has 1 aliphatic rings. The number of alkyl halides is 4. The Kier molecular flexibility index (Phi) is 6.11. The van der Waals surface area contributed by atoms with Crippen LogP contribution in [0.2, 0.25) is 5.28 Å². The third-order valence-corrected chi connectivity index (χ3v) is 6.24. The van der Waals surface area contributed by atoms with E-state index in [1.807, 2.05) is 35.2 Å². The number of nitrogens with zero attached hydrogens (tertiary/aromatic N) is 4. The van der Waals surface area contributed by atoms with Gasteiger partial charge in [0, 0.05) is 36.5 Å². The fourth-order valence-electron chi connectivity index (χ4n) is 3.91. The number of likely N-dealkylation sites (tertiary alicyclic amines) is 1. The third kappa shape index (κ3) is 4.63. The Bertz CT molecular complexity index is 1100. The zero-order valence-electron chi connectivity index (χ0n) is 16.4. The van der Waals surface area contributed by atoms with Crippen molar-refractivity contribution in [1.82, 2.24) is 14.9 Å². The molecule has 0 radical (unpaired) electrons. The van der Waals surface area contributed by atoms with Crippen LogP contribution in [0.25, 0.3) is 10.9 Å². The molecule has 164 valence electrons. The summed E-state index contributed by atoms with van der Waals surface area (Å²) < 4.78 is 55.1. The monoisotopic (exact) mass is 516 g/mol. The standard InChI is InChI=1S/C21H18BrClF4N4/c1-30(18-11-31(10-16(18)24)9-12-5-3-2-4-6-12)19-13-7-14(21(25,26)27)15(22)8-17(13)28-20(23)29-19/h2-8,16,18H,9-11H2,1H3. The van der Waals surface area contributed by atoms with Gasteiger partial charge in [0.15, 0.2) is 0 Å². The van der Waals surface area contributed by atoms with E-state index in [9.17, 15) is 17.6 Å². The van der Waals surface area contributed by atoms with Crippen molar-refractivity contribution in [3.63, 3.8) is 0 Å². The van der Waals surface area contributed by atoms with Gasteiger partial charge in [-0.3, -0.25) is 4.90 Å². The second kappa shape index (κ2) is 8.52. The molecule has 0 amide bonds. The lowest BCUT2D eigenvalue weighted by atomic mass is 10.1. The SMILES string of the molecule is CN(c1nc(Cl)nc2cc(Br)c(C(F)(F)F)cc12)C1CN(Cc2ccccc2)CC1F. The molecule has 10 heteroatoms.